The molecule has 0 aliphatic carbocycles. The number of amides is 3. The maximum absolute atomic E-state index is 13.0. The normalized spacial score (nSPS) is 22.9. The molecule has 0 saturated carbocycles. The second kappa shape index (κ2) is 11.3. The summed E-state index contributed by atoms with van der Waals surface area (Å²) in [4.78, 5) is 23.8. The van der Waals surface area contributed by atoms with E-state index in [1.54, 1.807) is 24.3 Å². The molecule has 2 aliphatic rings. The third kappa shape index (κ3) is 6.56. The number of carbonyl (C=O) groups excluding carboxylic acids is 2. The lowest BCUT2D eigenvalue weighted by atomic mass is 10.0. The van der Waals surface area contributed by atoms with Gasteiger partial charge in [0.25, 0.3) is 0 Å². The average molecular weight is 504 g/mol. The van der Waals surface area contributed by atoms with Crippen molar-refractivity contribution < 1.29 is 23.2 Å². The van der Waals surface area contributed by atoms with Crippen LogP contribution in [0.15, 0.2) is 54.6 Å². The van der Waals surface area contributed by atoms with Gasteiger partial charge in [0.1, 0.15) is 5.75 Å². The minimum absolute atomic E-state index is 0.0319. The first-order valence-electron chi connectivity index (χ1n) is 11.4. The molecule has 2 aromatic carbocycles. The summed E-state index contributed by atoms with van der Waals surface area (Å²) in [6.45, 7) is 0. The van der Waals surface area contributed by atoms with E-state index in [0.29, 0.717) is 23.1 Å². The van der Waals surface area contributed by atoms with Crippen molar-refractivity contribution >= 4 is 37.0 Å². The number of hydrogen-bond donors (Lipinski definition) is 3. The SMILES string of the molecule is COP(=O)(Cc1ccc(NC(=O)CCCCC2SCC3NC(=O)NC32)cc1)Oc1ccccc1. The van der Waals surface area contributed by atoms with Crippen molar-refractivity contribution in [2.75, 3.05) is 18.2 Å². The molecule has 3 N–H and O–H groups in total. The topological polar surface area (TPSA) is 106 Å². The van der Waals surface area contributed by atoms with E-state index < -0.39 is 7.60 Å². The fourth-order valence-corrected chi connectivity index (χ4v) is 7.10. The molecule has 10 heteroatoms. The van der Waals surface area contributed by atoms with Gasteiger partial charge in [0.05, 0.1) is 18.2 Å². The fourth-order valence-electron chi connectivity index (χ4n) is 4.19. The number of urea groups is 1. The zero-order valence-corrected chi connectivity index (χ0v) is 20.8. The summed E-state index contributed by atoms with van der Waals surface area (Å²) in [5.74, 6) is 1.41. The molecule has 182 valence electrons. The second-order valence-corrected chi connectivity index (χ2v) is 11.8. The van der Waals surface area contributed by atoms with Gasteiger partial charge in [0, 0.05) is 30.2 Å². The van der Waals surface area contributed by atoms with E-state index in [0.717, 1.165) is 30.6 Å². The summed E-state index contributed by atoms with van der Waals surface area (Å²) in [6.07, 6.45) is 3.30. The molecule has 0 aromatic heterocycles. The van der Waals surface area contributed by atoms with Crippen LogP contribution in [0.2, 0.25) is 0 Å². The van der Waals surface area contributed by atoms with Crippen molar-refractivity contribution in [3.8, 4) is 5.75 Å². The number of benzene rings is 2. The van der Waals surface area contributed by atoms with E-state index in [2.05, 4.69) is 16.0 Å². The smallest absolute Gasteiger partial charge is 0.383 e. The zero-order valence-electron chi connectivity index (χ0n) is 19.1. The van der Waals surface area contributed by atoms with Crippen LogP contribution < -0.4 is 20.5 Å². The van der Waals surface area contributed by atoms with E-state index in [4.69, 9.17) is 9.05 Å². The quantitative estimate of drug-likeness (QED) is 0.232. The highest BCUT2D eigenvalue weighted by atomic mass is 32.2. The fraction of sp³-hybridized carbons (Fsp3) is 0.417. The van der Waals surface area contributed by atoms with Crippen LogP contribution in [0.5, 0.6) is 5.75 Å². The molecule has 8 nitrogen and oxygen atoms in total. The third-order valence-corrected chi connectivity index (χ3v) is 9.27. The Hall–Kier alpha value is -2.48. The Bertz CT molecular complexity index is 1040. The lowest BCUT2D eigenvalue weighted by molar-refractivity contribution is -0.116. The number of carbonyl (C=O) groups is 2. The van der Waals surface area contributed by atoms with Crippen LogP contribution in [-0.2, 0) is 20.0 Å². The first-order chi connectivity index (χ1) is 16.4. The van der Waals surface area contributed by atoms with Gasteiger partial charge in [0.2, 0.25) is 5.91 Å². The third-order valence-electron chi connectivity index (χ3n) is 5.96. The molecule has 0 spiro atoms. The van der Waals surface area contributed by atoms with E-state index in [9.17, 15) is 14.2 Å². The summed E-state index contributed by atoms with van der Waals surface area (Å²) in [6, 6.07) is 16.5. The molecule has 0 radical (unpaired) electrons. The van der Waals surface area contributed by atoms with E-state index in [1.807, 2.05) is 42.1 Å². The Morgan fingerprint density at radius 3 is 2.62 bits per heavy atom. The van der Waals surface area contributed by atoms with E-state index >= 15 is 0 Å². The van der Waals surface area contributed by atoms with Crippen molar-refractivity contribution in [1.29, 1.82) is 0 Å². The standard InChI is InChI=1S/C24H30N3O5PS/c1-31-33(30,32-19-7-3-2-4-8-19)15-17-11-13-18(14-12-17)25-22(28)10-6-5-9-21-23-20(16-34-21)26-24(29)27-23/h2-4,7-8,11-14,20-21,23H,5-6,9-10,15-16H2,1H3,(H,25,28)(H2,26,27,29). The predicted molar refractivity (Wildman–Crippen MR) is 134 cm³/mol. The molecule has 2 heterocycles. The zero-order chi connectivity index (χ0) is 24.0. The lowest BCUT2D eigenvalue weighted by Crippen LogP contribution is -2.36. The summed E-state index contributed by atoms with van der Waals surface area (Å²) in [5, 5.41) is 9.27. The van der Waals surface area contributed by atoms with Crippen LogP contribution in [0.4, 0.5) is 10.5 Å². The van der Waals surface area contributed by atoms with E-state index in [1.165, 1.54) is 7.11 Å². The average Bonchev–Trinajstić information content (AvgIpc) is 3.38. The van der Waals surface area contributed by atoms with Crippen LogP contribution in [0.25, 0.3) is 0 Å². The summed E-state index contributed by atoms with van der Waals surface area (Å²) < 4.78 is 23.8. The minimum atomic E-state index is -3.34. The maximum Gasteiger partial charge on any atom is 0.383 e. The molecular formula is C24H30N3O5PS. The molecule has 4 atom stereocenters. The lowest BCUT2D eigenvalue weighted by Gasteiger charge is -2.17. The number of fused-ring (bicyclic) bond motifs is 1. The highest BCUT2D eigenvalue weighted by Crippen LogP contribution is 2.50. The molecule has 4 unspecified atom stereocenters. The maximum atomic E-state index is 13.0. The van der Waals surface area contributed by atoms with Gasteiger partial charge >= 0.3 is 13.6 Å². The van der Waals surface area contributed by atoms with Gasteiger partial charge in [-0.1, -0.05) is 36.8 Å². The largest absolute Gasteiger partial charge is 0.424 e. The van der Waals surface area contributed by atoms with Crippen LogP contribution in [0.3, 0.4) is 0 Å². The summed E-state index contributed by atoms with van der Waals surface area (Å²) in [5.41, 5.74) is 1.49. The molecule has 2 saturated heterocycles. The predicted octanol–water partition coefficient (Wildman–Crippen LogP) is 4.77. The van der Waals surface area contributed by atoms with Crippen molar-refractivity contribution in [2.45, 2.75) is 49.2 Å². The molecular weight excluding hydrogens is 473 g/mol. The Kier molecular flexibility index (Phi) is 8.19. The monoisotopic (exact) mass is 503 g/mol. The number of nitrogens with one attached hydrogen (secondary N) is 3. The minimum Gasteiger partial charge on any atom is -0.424 e. The summed E-state index contributed by atoms with van der Waals surface area (Å²) in [7, 11) is -1.96. The van der Waals surface area contributed by atoms with Crippen molar-refractivity contribution in [2.24, 2.45) is 0 Å². The first kappa shape index (κ1) is 24.6. The number of rotatable bonds is 11. The number of thioether (sulfide) groups is 1. The number of unbranched alkanes of at least 4 members (excludes halogenated alkanes) is 1. The van der Waals surface area contributed by atoms with Gasteiger partial charge in [-0.15, -0.1) is 0 Å². The molecule has 0 bridgehead atoms. The first-order valence-corrected chi connectivity index (χ1v) is 14.2. The molecule has 2 aromatic rings. The molecule has 3 amide bonds. The van der Waals surface area contributed by atoms with Crippen LogP contribution >= 0.6 is 19.4 Å². The van der Waals surface area contributed by atoms with Gasteiger partial charge in [-0.3, -0.25) is 4.79 Å². The molecule has 34 heavy (non-hydrogen) atoms. The Morgan fingerprint density at radius 1 is 1.12 bits per heavy atom. The highest BCUT2D eigenvalue weighted by Gasteiger charge is 2.42. The summed E-state index contributed by atoms with van der Waals surface area (Å²) >= 11 is 1.89. The Balaban J connectivity index is 1.19. The van der Waals surface area contributed by atoms with Gasteiger partial charge in [-0.2, -0.15) is 11.8 Å². The van der Waals surface area contributed by atoms with Crippen molar-refractivity contribution in [3.63, 3.8) is 0 Å². The Morgan fingerprint density at radius 2 is 1.88 bits per heavy atom. The molecule has 2 fully saturated rings. The van der Waals surface area contributed by atoms with Gasteiger partial charge in [-0.05, 0) is 42.7 Å². The number of para-hydroxylation sites is 1. The second-order valence-electron chi connectivity index (χ2n) is 8.47. The molecule has 4 rings (SSSR count). The van der Waals surface area contributed by atoms with Crippen molar-refractivity contribution in [3.05, 3.63) is 60.2 Å². The van der Waals surface area contributed by atoms with Crippen LogP contribution in [0, 0.1) is 0 Å². The van der Waals surface area contributed by atoms with Gasteiger partial charge in [-0.25, -0.2) is 9.36 Å². The van der Waals surface area contributed by atoms with Crippen LogP contribution in [0.1, 0.15) is 31.2 Å². The number of hydrogen-bond acceptors (Lipinski definition) is 6. The Labute approximate surface area is 204 Å². The van der Waals surface area contributed by atoms with Crippen molar-refractivity contribution in [1.82, 2.24) is 10.6 Å². The van der Waals surface area contributed by atoms with E-state index in [-0.39, 0.29) is 30.2 Å². The van der Waals surface area contributed by atoms with Crippen LogP contribution in [-0.4, -0.2) is 42.1 Å². The highest BCUT2D eigenvalue weighted by molar-refractivity contribution is 8.00. The van der Waals surface area contributed by atoms with Gasteiger partial charge in [0.15, 0.2) is 0 Å². The number of anilines is 1. The molecule has 2 aliphatic heterocycles. The van der Waals surface area contributed by atoms with Gasteiger partial charge < -0.3 is 25.0 Å².